The Balaban J connectivity index is 2.00. The van der Waals surface area contributed by atoms with Crippen molar-refractivity contribution >= 4 is 11.6 Å². The average molecular weight is 258 g/mol. The Morgan fingerprint density at radius 2 is 2.41 bits per heavy atom. The molecule has 1 aliphatic heterocycles. The number of hydrogen-bond acceptors (Lipinski definition) is 4. The summed E-state index contributed by atoms with van der Waals surface area (Å²) in [7, 11) is 0. The van der Waals surface area contributed by atoms with Gasteiger partial charge in [0, 0.05) is 13.2 Å². The molecule has 2 N–H and O–H groups in total. The molecule has 1 saturated heterocycles. The van der Waals surface area contributed by atoms with Crippen molar-refractivity contribution in [3.63, 3.8) is 0 Å². The minimum atomic E-state index is 0.0862. The molecule has 1 fully saturated rings. The molecule has 0 aliphatic carbocycles. The van der Waals surface area contributed by atoms with Gasteiger partial charge in [0.15, 0.2) is 0 Å². The summed E-state index contributed by atoms with van der Waals surface area (Å²) >= 11 is 6.11. The van der Waals surface area contributed by atoms with Crippen LogP contribution in [0.15, 0.2) is 18.2 Å². The molecule has 94 valence electrons. The van der Waals surface area contributed by atoms with E-state index < -0.39 is 0 Å². The van der Waals surface area contributed by atoms with E-state index in [2.05, 4.69) is 5.48 Å². The summed E-state index contributed by atoms with van der Waals surface area (Å²) in [5, 5.41) is 9.16. The minimum absolute atomic E-state index is 0.0862. The topological polar surface area (TPSA) is 50.7 Å². The van der Waals surface area contributed by atoms with Gasteiger partial charge in [-0.25, -0.2) is 5.48 Å². The van der Waals surface area contributed by atoms with Crippen LogP contribution in [-0.4, -0.2) is 24.5 Å². The SMILES string of the molecule is ONCc1ccc(OC2CCCOC2)c(Cl)c1. The fourth-order valence-electron chi connectivity index (χ4n) is 1.82. The first-order valence-corrected chi connectivity index (χ1v) is 6.07. The van der Waals surface area contributed by atoms with E-state index in [4.69, 9.17) is 26.3 Å². The summed E-state index contributed by atoms with van der Waals surface area (Å²) in [6.45, 7) is 1.80. The third-order valence-corrected chi connectivity index (χ3v) is 2.99. The Bertz CT molecular complexity index is 367. The highest BCUT2D eigenvalue weighted by Crippen LogP contribution is 2.27. The van der Waals surface area contributed by atoms with Gasteiger partial charge in [0.2, 0.25) is 0 Å². The number of ether oxygens (including phenoxy) is 2. The number of halogens is 1. The van der Waals surface area contributed by atoms with E-state index >= 15 is 0 Å². The van der Waals surface area contributed by atoms with Crippen molar-refractivity contribution in [2.75, 3.05) is 13.2 Å². The number of benzene rings is 1. The van der Waals surface area contributed by atoms with Crippen LogP contribution in [-0.2, 0) is 11.3 Å². The second-order valence-corrected chi connectivity index (χ2v) is 4.46. The number of rotatable bonds is 4. The Hall–Kier alpha value is -0.810. The van der Waals surface area contributed by atoms with Crippen molar-refractivity contribution in [1.82, 2.24) is 5.48 Å². The lowest BCUT2D eigenvalue weighted by Crippen LogP contribution is -2.28. The quantitative estimate of drug-likeness (QED) is 0.813. The maximum absolute atomic E-state index is 8.60. The van der Waals surface area contributed by atoms with Crippen molar-refractivity contribution in [1.29, 1.82) is 0 Å². The second-order valence-electron chi connectivity index (χ2n) is 4.06. The standard InChI is InChI=1S/C12H16ClNO3/c13-11-6-9(7-14-15)3-4-12(11)17-10-2-1-5-16-8-10/h3-4,6,10,14-15H,1-2,5,7-8H2. The molecule has 4 nitrogen and oxygen atoms in total. The second kappa shape index (κ2) is 6.21. The normalized spacial score (nSPS) is 20.2. The Labute approximate surface area is 105 Å². The molecule has 17 heavy (non-hydrogen) atoms. The van der Waals surface area contributed by atoms with Gasteiger partial charge in [-0.3, -0.25) is 0 Å². The van der Waals surface area contributed by atoms with E-state index in [1.165, 1.54) is 0 Å². The molecule has 0 amide bonds. The molecule has 0 spiro atoms. The lowest BCUT2D eigenvalue weighted by molar-refractivity contribution is 0.00746. The van der Waals surface area contributed by atoms with Crippen molar-refractivity contribution < 1.29 is 14.7 Å². The highest BCUT2D eigenvalue weighted by atomic mass is 35.5. The van der Waals surface area contributed by atoms with Gasteiger partial charge in [0.1, 0.15) is 11.9 Å². The molecule has 1 aromatic rings. The maximum Gasteiger partial charge on any atom is 0.138 e. The highest BCUT2D eigenvalue weighted by Gasteiger charge is 2.16. The van der Waals surface area contributed by atoms with E-state index in [9.17, 15) is 0 Å². The first-order chi connectivity index (χ1) is 8.29. The van der Waals surface area contributed by atoms with Gasteiger partial charge >= 0.3 is 0 Å². The van der Waals surface area contributed by atoms with Crippen LogP contribution in [0, 0.1) is 0 Å². The molecular formula is C12H16ClNO3. The van der Waals surface area contributed by atoms with E-state index in [1.807, 2.05) is 12.1 Å². The van der Waals surface area contributed by atoms with Crippen LogP contribution in [0.1, 0.15) is 18.4 Å². The first-order valence-electron chi connectivity index (χ1n) is 5.69. The maximum atomic E-state index is 8.60. The molecule has 1 atom stereocenters. The van der Waals surface area contributed by atoms with Gasteiger partial charge < -0.3 is 14.7 Å². The van der Waals surface area contributed by atoms with Crippen LogP contribution in [0.3, 0.4) is 0 Å². The van der Waals surface area contributed by atoms with Gasteiger partial charge in [0.25, 0.3) is 0 Å². The van der Waals surface area contributed by atoms with Gasteiger partial charge in [-0.05, 0) is 30.5 Å². The summed E-state index contributed by atoms with van der Waals surface area (Å²) in [5.74, 6) is 0.670. The first kappa shape index (κ1) is 12.6. The lowest BCUT2D eigenvalue weighted by Gasteiger charge is -2.23. The van der Waals surface area contributed by atoms with Crippen LogP contribution in [0.4, 0.5) is 0 Å². The van der Waals surface area contributed by atoms with Crippen LogP contribution in [0.2, 0.25) is 5.02 Å². The third-order valence-electron chi connectivity index (χ3n) is 2.69. The zero-order chi connectivity index (χ0) is 12.1. The summed E-state index contributed by atoms with van der Waals surface area (Å²) in [4.78, 5) is 0. The smallest absolute Gasteiger partial charge is 0.138 e. The molecule has 1 aliphatic rings. The monoisotopic (exact) mass is 257 g/mol. The molecule has 1 unspecified atom stereocenters. The average Bonchev–Trinajstić information content (AvgIpc) is 2.34. The van der Waals surface area contributed by atoms with Crippen LogP contribution in [0.25, 0.3) is 0 Å². The van der Waals surface area contributed by atoms with Crippen LogP contribution in [0.5, 0.6) is 5.75 Å². The summed E-state index contributed by atoms with van der Waals surface area (Å²) in [6, 6.07) is 5.47. The molecule has 5 heteroatoms. The van der Waals surface area contributed by atoms with E-state index in [0.29, 0.717) is 23.9 Å². The molecule has 1 aromatic carbocycles. The fraction of sp³-hybridized carbons (Fsp3) is 0.500. The highest BCUT2D eigenvalue weighted by molar-refractivity contribution is 6.32. The molecule has 1 heterocycles. The van der Waals surface area contributed by atoms with Crippen LogP contribution < -0.4 is 10.2 Å². The minimum Gasteiger partial charge on any atom is -0.486 e. The van der Waals surface area contributed by atoms with Crippen molar-refractivity contribution in [2.45, 2.75) is 25.5 Å². The lowest BCUT2D eigenvalue weighted by atomic mass is 10.1. The largest absolute Gasteiger partial charge is 0.486 e. The third kappa shape index (κ3) is 3.57. The predicted molar refractivity (Wildman–Crippen MR) is 64.5 cm³/mol. The predicted octanol–water partition coefficient (Wildman–Crippen LogP) is 2.38. The molecule has 2 rings (SSSR count). The van der Waals surface area contributed by atoms with Crippen LogP contribution >= 0.6 is 11.6 Å². The Morgan fingerprint density at radius 3 is 3.06 bits per heavy atom. The van der Waals surface area contributed by atoms with Gasteiger partial charge in [-0.2, -0.15) is 0 Å². The van der Waals surface area contributed by atoms with Crippen molar-refractivity contribution in [3.8, 4) is 5.75 Å². The zero-order valence-electron chi connectivity index (χ0n) is 9.49. The van der Waals surface area contributed by atoms with E-state index in [1.54, 1.807) is 6.07 Å². The summed E-state index contributed by atoms with van der Waals surface area (Å²) in [5.41, 5.74) is 3.00. The van der Waals surface area contributed by atoms with Crippen molar-refractivity contribution in [3.05, 3.63) is 28.8 Å². The number of nitrogens with one attached hydrogen (secondary N) is 1. The molecule has 0 bridgehead atoms. The Kier molecular flexibility index (Phi) is 4.62. The fourth-order valence-corrected chi connectivity index (χ4v) is 2.07. The van der Waals surface area contributed by atoms with Crippen molar-refractivity contribution in [2.24, 2.45) is 0 Å². The van der Waals surface area contributed by atoms with Gasteiger partial charge in [0.05, 0.1) is 11.6 Å². The van der Waals surface area contributed by atoms with Gasteiger partial charge in [-0.1, -0.05) is 17.7 Å². The Morgan fingerprint density at radius 1 is 1.53 bits per heavy atom. The number of hydrogen-bond donors (Lipinski definition) is 2. The summed E-state index contributed by atoms with van der Waals surface area (Å²) in [6.07, 6.45) is 2.11. The zero-order valence-corrected chi connectivity index (χ0v) is 10.2. The molecule has 0 saturated carbocycles. The summed E-state index contributed by atoms with van der Waals surface area (Å²) < 4.78 is 11.1. The van der Waals surface area contributed by atoms with E-state index in [-0.39, 0.29) is 6.10 Å². The van der Waals surface area contributed by atoms with E-state index in [0.717, 1.165) is 25.0 Å². The van der Waals surface area contributed by atoms with Gasteiger partial charge in [-0.15, -0.1) is 0 Å². The molecular weight excluding hydrogens is 242 g/mol. The molecule has 0 radical (unpaired) electrons. The number of hydroxylamine groups is 1. The molecule has 0 aromatic heterocycles.